The molecule has 1 aromatic carbocycles. The van der Waals surface area contributed by atoms with Gasteiger partial charge in [0.1, 0.15) is 5.02 Å². The Morgan fingerprint density at radius 3 is 2.67 bits per heavy atom. The number of nitro benzene ring substituents is 1. The van der Waals surface area contributed by atoms with Crippen molar-refractivity contribution in [1.29, 1.82) is 0 Å². The summed E-state index contributed by atoms with van der Waals surface area (Å²) in [4.78, 5) is 20.5. The van der Waals surface area contributed by atoms with Gasteiger partial charge in [-0.1, -0.05) is 11.6 Å². The largest absolute Gasteiger partial charge is 0.465 e. The molecule has 1 aromatic rings. The van der Waals surface area contributed by atoms with Crippen LogP contribution in [-0.2, 0) is 4.74 Å². The Kier molecular flexibility index (Phi) is 3.21. The maximum absolute atomic E-state index is 13.0. The highest BCUT2D eigenvalue weighted by Crippen LogP contribution is 2.31. The molecule has 0 amide bonds. The van der Waals surface area contributed by atoms with E-state index < -0.39 is 27.4 Å². The summed E-state index contributed by atoms with van der Waals surface area (Å²) in [5, 5.41) is 9.87. The van der Waals surface area contributed by atoms with Gasteiger partial charge in [-0.15, -0.1) is 0 Å². The van der Waals surface area contributed by atoms with Crippen LogP contribution in [0.1, 0.15) is 10.4 Å². The Bertz CT molecular complexity index is 435. The summed E-state index contributed by atoms with van der Waals surface area (Å²) in [7, 11) is 1.09. The number of rotatable bonds is 2. The van der Waals surface area contributed by atoms with Crippen molar-refractivity contribution in [2.24, 2.45) is 0 Å². The molecule has 0 unspecified atom stereocenters. The zero-order valence-electron chi connectivity index (χ0n) is 7.49. The maximum Gasteiger partial charge on any atom is 0.339 e. The summed E-state index contributed by atoms with van der Waals surface area (Å²) in [6, 6.07) is 1.81. The second-order valence-electron chi connectivity index (χ2n) is 2.51. The zero-order chi connectivity index (χ0) is 11.6. The van der Waals surface area contributed by atoms with Crippen LogP contribution in [0.5, 0.6) is 0 Å². The van der Waals surface area contributed by atoms with Crippen molar-refractivity contribution in [3.8, 4) is 0 Å². The van der Waals surface area contributed by atoms with Gasteiger partial charge in [0.2, 0.25) is 5.82 Å². The molecule has 0 heterocycles. The first-order valence-electron chi connectivity index (χ1n) is 3.69. The lowest BCUT2D eigenvalue weighted by atomic mass is 10.2. The van der Waals surface area contributed by atoms with Gasteiger partial charge in [-0.25, -0.2) is 4.79 Å². The number of nitro groups is 1. The van der Waals surface area contributed by atoms with E-state index in [0.717, 1.165) is 19.2 Å². The molecule has 0 spiro atoms. The normalized spacial score (nSPS) is 9.80. The Hall–Kier alpha value is -1.69. The lowest BCUT2D eigenvalue weighted by Crippen LogP contribution is -2.05. The summed E-state index contributed by atoms with van der Waals surface area (Å²) in [5.41, 5.74) is -1.17. The molecule has 0 aromatic heterocycles. The molecular formula is C8H5ClFNO4. The van der Waals surface area contributed by atoms with Crippen LogP contribution in [0, 0.1) is 15.9 Å². The summed E-state index contributed by atoms with van der Waals surface area (Å²) in [5.74, 6) is -1.96. The number of benzene rings is 1. The fraction of sp³-hybridized carbons (Fsp3) is 0.125. The van der Waals surface area contributed by atoms with Crippen LogP contribution in [0.15, 0.2) is 12.1 Å². The van der Waals surface area contributed by atoms with Gasteiger partial charge in [-0.05, 0) is 12.1 Å². The third kappa shape index (κ3) is 2.04. The molecule has 7 heteroatoms. The minimum absolute atomic E-state index is 0.243. The van der Waals surface area contributed by atoms with E-state index in [0.29, 0.717) is 0 Å². The summed E-state index contributed by atoms with van der Waals surface area (Å²) >= 11 is 5.50. The topological polar surface area (TPSA) is 69.4 Å². The minimum Gasteiger partial charge on any atom is -0.465 e. The number of carbonyl (C=O) groups excluding carboxylic acids is 1. The number of esters is 1. The van der Waals surface area contributed by atoms with E-state index in [-0.39, 0.29) is 5.56 Å². The maximum atomic E-state index is 13.0. The molecule has 80 valence electrons. The van der Waals surface area contributed by atoms with Crippen LogP contribution in [0.4, 0.5) is 10.1 Å². The van der Waals surface area contributed by atoms with Crippen molar-refractivity contribution < 1.29 is 18.8 Å². The number of halogens is 2. The second kappa shape index (κ2) is 4.22. The molecule has 0 radical (unpaired) electrons. The number of methoxy groups -OCH3 is 1. The number of hydrogen-bond donors (Lipinski definition) is 0. The van der Waals surface area contributed by atoms with E-state index in [1.54, 1.807) is 0 Å². The number of hydrogen-bond acceptors (Lipinski definition) is 4. The van der Waals surface area contributed by atoms with Crippen LogP contribution < -0.4 is 0 Å². The summed E-state index contributed by atoms with van der Waals surface area (Å²) in [6.45, 7) is 0. The molecule has 0 saturated heterocycles. The van der Waals surface area contributed by atoms with Gasteiger partial charge in [-0.2, -0.15) is 4.39 Å². The number of ether oxygens (including phenoxy) is 1. The average Bonchev–Trinajstić information content (AvgIpc) is 2.16. The van der Waals surface area contributed by atoms with Crippen LogP contribution in [-0.4, -0.2) is 18.0 Å². The molecule has 0 bridgehead atoms. The monoisotopic (exact) mass is 233 g/mol. The van der Waals surface area contributed by atoms with Crippen molar-refractivity contribution in [2.75, 3.05) is 7.11 Å². The molecule has 0 aliphatic heterocycles. The highest BCUT2D eigenvalue weighted by atomic mass is 35.5. The van der Waals surface area contributed by atoms with Gasteiger partial charge in [-0.3, -0.25) is 10.1 Å². The van der Waals surface area contributed by atoms with Crippen molar-refractivity contribution in [2.45, 2.75) is 0 Å². The summed E-state index contributed by atoms with van der Waals surface area (Å²) < 4.78 is 17.3. The molecule has 1 rings (SSSR count). The zero-order valence-corrected chi connectivity index (χ0v) is 8.25. The summed E-state index contributed by atoms with van der Waals surface area (Å²) in [6.07, 6.45) is 0. The van der Waals surface area contributed by atoms with Crippen LogP contribution >= 0.6 is 11.6 Å². The molecule has 0 atom stereocenters. The second-order valence-corrected chi connectivity index (χ2v) is 2.88. The lowest BCUT2D eigenvalue weighted by Gasteiger charge is -2.02. The SMILES string of the molecule is COC(=O)c1ccc(F)c([N+](=O)[O-])c1Cl. The smallest absolute Gasteiger partial charge is 0.339 e. The van der Waals surface area contributed by atoms with Gasteiger partial charge in [0.15, 0.2) is 0 Å². The van der Waals surface area contributed by atoms with E-state index in [1.807, 2.05) is 0 Å². The van der Waals surface area contributed by atoms with Gasteiger partial charge < -0.3 is 4.74 Å². The van der Waals surface area contributed by atoms with E-state index in [1.165, 1.54) is 0 Å². The van der Waals surface area contributed by atoms with Crippen LogP contribution in [0.3, 0.4) is 0 Å². The standard InChI is InChI=1S/C8H5ClFNO4/c1-15-8(12)4-2-3-5(10)7(6(4)9)11(13)14/h2-3H,1H3. The van der Waals surface area contributed by atoms with Crippen molar-refractivity contribution in [3.05, 3.63) is 38.7 Å². The van der Waals surface area contributed by atoms with Crippen molar-refractivity contribution in [1.82, 2.24) is 0 Å². The van der Waals surface area contributed by atoms with E-state index in [2.05, 4.69) is 4.74 Å². The highest BCUT2D eigenvalue weighted by molar-refractivity contribution is 6.35. The number of carbonyl (C=O) groups is 1. The quantitative estimate of drug-likeness (QED) is 0.446. The minimum atomic E-state index is -1.10. The molecular weight excluding hydrogens is 229 g/mol. The van der Waals surface area contributed by atoms with Crippen molar-refractivity contribution >= 4 is 23.3 Å². The molecule has 5 nitrogen and oxygen atoms in total. The third-order valence-corrected chi connectivity index (χ3v) is 2.04. The first kappa shape index (κ1) is 11.4. The average molecular weight is 234 g/mol. The Balaban J connectivity index is 3.41. The predicted octanol–water partition coefficient (Wildman–Crippen LogP) is 2.17. The highest BCUT2D eigenvalue weighted by Gasteiger charge is 2.25. The van der Waals surface area contributed by atoms with Gasteiger partial charge in [0, 0.05) is 0 Å². The van der Waals surface area contributed by atoms with E-state index >= 15 is 0 Å². The fourth-order valence-corrected chi connectivity index (χ4v) is 1.28. The number of nitrogens with zero attached hydrogens (tertiary/aromatic N) is 1. The predicted molar refractivity (Wildman–Crippen MR) is 49.4 cm³/mol. The first-order chi connectivity index (χ1) is 6.99. The molecule has 0 aliphatic rings. The molecule has 0 aliphatic carbocycles. The van der Waals surface area contributed by atoms with E-state index in [4.69, 9.17) is 11.6 Å². The van der Waals surface area contributed by atoms with Gasteiger partial charge >= 0.3 is 11.7 Å². The molecule has 0 saturated carbocycles. The Morgan fingerprint density at radius 2 is 2.20 bits per heavy atom. The molecule has 15 heavy (non-hydrogen) atoms. The first-order valence-corrected chi connectivity index (χ1v) is 4.07. The molecule has 0 N–H and O–H groups in total. The van der Waals surface area contributed by atoms with Crippen molar-refractivity contribution in [3.63, 3.8) is 0 Å². The Labute approximate surface area is 88.6 Å². The van der Waals surface area contributed by atoms with Crippen LogP contribution in [0.25, 0.3) is 0 Å². The fourth-order valence-electron chi connectivity index (χ4n) is 0.976. The molecule has 0 fully saturated rings. The van der Waals surface area contributed by atoms with E-state index in [9.17, 15) is 19.3 Å². The van der Waals surface area contributed by atoms with Gasteiger partial charge in [0.25, 0.3) is 0 Å². The lowest BCUT2D eigenvalue weighted by molar-refractivity contribution is -0.387. The Morgan fingerprint density at radius 1 is 1.60 bits per heavy atom. The third-order valence-electron chi connectivity index (χ3n) is 1.65. The van der Waals surface area contributed by atoms with Crippen LogP contribution in [0.2, 0.25) is 5.02 Å². The van der Waals surface area contributed by atoms with Gasteiger partial charge in [0.05, 0.1) is 17.6 Å².